The topological polar surface area (TPSA) is 22.1 Å². The molecule has 9 heteroatoms. The average molecular weight is 576 g/mol. The van der Waals surface area contributed by atoms with Crippen LogP contribution < -0.4 is 4.74 Å². The second-order valence-electron chi connectivity index (χ2n) is 10.1. The van der Waals surface area contributed by atoms with E-state index in [-0.39, 0.29) is 11.3 Å². The number of nitrogens with zero attached hydrogens (tertiary/aromatic N) is 1. The van der Waals surface area contributed by atoms with Crippen LogP contribution in [0.15, 0.2) is 60.7 Å². The molecule has 4 aromatic rings. The van der Waals surface area contributed by atoms with Gasteiger partial charge in [0.05, 0.1) is 10.2 Å². The molecule has 1 aromatic heterocycles. The number of hydrogen-bond donors (Lipinski definition) is 0. The fraction of sp³-hybridized carbons (Fsp3) is 0.323. The summed E-state index contributed by atoms with van der Waals surface area (Å²) in [5, 5.41) is -0.762. The van der Waals surface area contributed by atoms with Crippen molar-refractivity contribution in [2.45, 2.75) is 57.5 Å². The van der Waals surface area contributed by atoms with Crippen LogP contribution in [0, 0.1) is 29.2 Å². The van der Waals surface area contributed by atoms with Crippen molar-refractivity contribution in [1.29, 1.82) is 0 Å². The molecule has 1 saturated carbocycles. The van der Waals surface area contributed by atoms with Crippen LogP contribution >= 0.6 is 11.3 Å². The molecule has 40 heavy (non-hydrogen) atoms. The third-order valence-electron chi connectivity index (χ3n) is 7.44. The van der Waals surface area contributed by atoms with E-state index in [1.807, 2.05) is 13.0 Å². The maximum Gasteiger partial charge on any atom is 0.454 e. The van der Waals surface area contributed by atoms with E-state index in [2.05, 4.69) is 21.9 Å². The van der Waals surface area contributed by atoms with Crippen LogP contribution in [0.5, 0.6) is 5.75 Å². The van der Waals surface area contributed by atoms with Gasteiger partial charge in [-0.25, -0.2) is 22.5 Å². The summed E-state index contributed by atoms with van der Waals surface area (Å²) >= 11 is 0.608. The van der Waals surface area contributed by atoms with Crippen LogP contribution in [0.1, 0.15) is 61.9 Å². The first-order chi connectivity index (χ1) is 19.1. The highest BCUT2D eigenvalue weighted by Gasteiger charge is 2.39. The Morgan fingerprint density at radius 2 is 1.65 bits per heavy atom. The fourth-order valence-corrected chi connectivity index (χ4v) is 6.22. The normalized spacial score (nSPS) is 18.1. The Labute approximate surface area is 232 Å². The zero-order chi connectivity index (χ0) is 28.4. The van der Waals surface area contributed by atoms with Crippen LogP contribution in [0.4, 0.5) is 26.3 Å². The van der Waals surface area contributed by atoms with Gasteiger partial charge in [-0.1, -0.05) is 30.4 Å². The number of aromatic nitrogens is 1. The second kappa shape index (κ2) is 11.6. The van der Waals surface area contributed by atoms with E-state index in [9.17, 15) is 22.0 Å². The Balaban J connectivity index is 1.31. The first kappa shape index (κ1) is 28.2. The summed E-state index contributed by atoms with van der Waals surface area (Å²) < 4.78 is 89.7. The van der Waals surface area contributed by atoms with Crippen molar-refractivity contribution in [3.63, 3.8) is 0 Å². The monoisotopic (exact) mass is 575 g/mol. The van der Waals surface area contributed by atoms with Gasteiger partial charge in [-0.3, -0.25) is 0 Å². The van der Waals surface area contributed by atoms with E-state index >= 15 is 4.39 Å². The van der Waals surface area contributed by atoms with Gasteiger partial charge in [-0.05, 0) is 86.6 Å². The quantitative estimate of drug-likeness (QED) is 0.118. The number of alkyl halides is 2. The van der Waals surface area contributed by atoms with E-state index in [4.69, 9.17) is 0 Å². The van der Waals surface area contributed by atoms with Gasteiger partial charge in [-0.2, -0.15) is 8.78 Å². The standard InChI is InChI=1S/C31H27F6NOS/c1-2-3-4-5-18-6-8-19(9-7-18)20-10-12-23(24(32)14-20)21-11-13-27-28(15-21)40-30(38-27)31(36,37)39-22-16-25(33)29(35)26(34)17-22/h2-3,10-19H,4-9H2,1H3/b3-2+. The number of fused-ring (bicyclic) bond motifs is 1. The molecule has 1 aliphatic rings. The molecule has 0 unspecified atom stereocenters. The Bertz CT molecular complexity index is 1520. The van der Waals surface area contributed by atoms with Gasteiger partial charge in [-0.15, -0.1) is 11.3 Å². The van der Waals surface area contributed by atoms with Crippen molar-refractivity contribution < 1.29 is 31.1 Å². The van der Waals surface area contributed by atoms with Gasteiger partial charge in [0.2, 0.25) is 5.01 Å². The SMILES string of the molecule is C/C=C/CCC1CCC(c2ccc(-c3ccc4nc(C(F)(F)Oc5cc(F)c(F)c(F)c5)sc4c3)c(F)c2)CC1. The number of allylic oxidation sites excluding steroid dienone is 2. The minimum atomic E-state index is -4.04. The molecule has 1 fully saturated rings. The van der Waals surface area contributed by atoms with E-state index in [0.29, 0.717) is 51.1 Å². The summed E-state index contributed by atoms with van der Waals surface area (Å²) in [6.07, 6.45) is 6.85. The van der Waals surface area contributed by atoms with Gasteiger partial charge < -0.3 is 4.74 Å². The summed E-state index contributed by atoms with van der Waals surface area (Å²) in [6.45, 7) is 2.03. The number of rotatable bonds is 8. The molecule has 2 nitrogen and oxygen atoms in total. The summed E-state index contributed by atoms with van der Waals surface area (Å²) in [5.41, 5.74) is 2.05. The highest BCUT2D eigenvalue weighted by Crippen LogP contribution is 2.41. The number of thiazole rings is 1. The highest BCUT2D eigenvalue weighted by molar-refractivity contribution is 7.18. The van der Waals surface area contributed by atoms with E-state index in [0.717, 1.165) is 37.7 Å². The number of halogens is 6. The third-order valence-corrected chi connectivity index (χ3v) is 8.51. The smallest absolute Gasteiger partial charge is 0.427 e. The molecule has 1 aliphatic carbocycles. The molecule has 0 spiro atoms. The molecule has 5 rings (SSSR count). The Kier molecular flexibility index (Phi) is 8.21. The summed E-state index contributed by atoms with van der Waals surface area (Å²) in [6, 6.07) is 10.6. The summed E-state index contributed by atoms with van der Waals surface area (Å²) in [5.74, 6) is -5.33. The lowest BCUT2D eigenvalue weighted by Gasteiger charge is -2.28. The first-order valence-electron chi connectivity index (χ1n) is 13.2. The van der Waals surface area contributed by atoms with Crippen molar-refractivity contribution in [2.24, 2.45) is 5.92 Å². The minimum absolute atomic E-state index is 0.228. The van der Waals surface area contributed by atoms with Crippen LogP contribution in [0.25, 0.3) is 21.3 Å². The van der Waals surface area contributed by atoms with Crippen molar-refractivity contribution in [2.75, 3.05) is 0 Å². The van der Waals surface area contributed by atoms with Crippen molar-refractivity contribution in [3.05, 3.63) is 94.5 Å². The van der Waals surface area contributed by atoms with Gasteiger partial charge in [0.25, 0.3) is 0 Å². The van der Waals surface area contributed by atoms with Gasteiger partial charge in [0, 0.05) is 17.7 Å². The maximum absolute atomic E-state index is 15.3. The van der Waals surface area contributed by atoms with E-state index in [1.54, 1.807) is 24.3 Å². The van der Waals surface area contributed by atoms with Crippen molar-refractivity contribution >= 4 is 21.6 Å². The predicted molar refractivity (Wildman–Crippen MR) is 145 cm³/mol. The molecule has 0 aliphatic heterocycles. The largest absolute Gasteiger partial charge is 0.454 e. The predicted octanol–water partition coefficient (Wildman–Crippen LogP) is 10.3. The average Bonchev–Trinajstić information content (AvgIpc) is 3.37. The number of benzene rings is 3. The van der Waals surface area contributed by atoms with Crippen LogP contribution in [-0.2, 0) is 6.11 Å². The Hall–Kier alpha value is -3.33. The Morgan fingerprint density at radius 3 is 2.33 bits per heavy atom. The third kappa shape index (κ3) is 6.04. The lowest BCUT2D eigenvalue weighted by molar-refractivity contribution is -0.185. The molecule has 1 heterocycles. The molecule has 0 atom stereocenters. The van der Waals surface area contributed by atoms with Gasteiger partial charge >= 0.3 is 6.11 Å². The van der Waals surface area contributed by atoms with E-state index in [1.165, 1.54) is 12.5 Å². The molecular weight excluding hydrogens is 548 g/mol. The molecule has 3 aromatic carbocycles. The molecule has 0 bridgehead atoms. The summed E-state index contributed by atoms with van der Waals surface area (Å²) in [4.78, 5) is 3.89. The van der Waals surface area contributed by atoms with Crippen LogP contribution in [0.2, 0.25) is 0 Å². The minimum Gasteiger partial charge on any atom is -0.427 e. The second-order valence-corrected chi connectivity index (χ2v) is 11.2. The zero-order valence-electron chi connectivity index (χ0n) is 21.7. The lowest BCUT2D eigenvalue weighted by atomic mass is 9.77. The molecular formula is C31H27F6NOS. The first-order valence-corrected chi connectivity index (χ1v) is 14.0. The lowest BCUT2D eigenvalue weighted by Crippen LogP contribution is -2.21. The molecule has 0 saturated heterocycles. The zero-order valence-corrected chi connectivity index (χ0v) is 22.5. The number of ether oxygens (including phenoxy) is 1. The van der Waals surface area contributed by atoms with Gasteiger partial charge in [0.1, 0.15) is 11.6 Å². The van der Waals surface area contributed by atoms with Crippen LogP contribution in [0.3, 0.4) is 0 Å². The van der Waals surface area contributed by atoms with Gasteiger partial charge in [0.15, 0.2) is 17.5 Å². The molecule has 0 radical (unpaired) electrons. The number of hydrogen-bond acceptors (Lipinski definition) is 3. The van der Waals surface area contributed by atoms with E-state index < -0.39 is 34.3 Å². The summed E-state index contributed by atoms with van der Waals surface area (Å²) in [7, 11) is 0. The highest BCUT2D eigenvalue weighted by atomic mass is 32.1. The van der Waals surface area contributed by atoms with Crippen molar-refractivity contribution in [3.8, 4) is 16.9 Å². The molecule has 210 valence electrons. The Morgan fingerprint density at radius 1 is 0.925 bits per heavy atom. The maximum atomic E-state index is 15.3. The fourth-order valence-electron chi connectivity index (χ4n) is 5.30. The molecule has 0 amide bonds. The van der Waals surface area contributed by atoms with Crippen molar-refractivity contribution in [1.82, 2.24) is 4.98 Å². The molecule has 0 N–H and O–H groups in total. The van der Waals surface area contributed by atoms with Crippen LogP contribution in [-0.4, -0.2) is 4.98 Å².